The SMILES string of the molecule is O=C(CO)N1CCN(Cc2cc3c(N4CCOCC4)nc(Cl)nc3s2)CC1. The van der Waals surface area contributed by atoms with Crippen molar-refractivity contribution in [3.63, 3.8) is 0 Å². The summed E-state index contributed by atoms with van der Waals surface area (Å²) in [6.07, 6.45) is 0. The van der Waals surface area contributed by atoms with E-state index in [0.29, 0.717) is 26.3 Å². The van der Waals surface area contributed by atoms with Gasteiger partial charge in [0.05, 0.1) is 18.6 Å². The van der Waals surface area contributed by atoms with E-state index in [2.05, 4.69) is 25.8 Å². The molecule has 2 aromatic rings. The van der Waals surface area contributed by atoms with E-state index in [4.69, 9.17) is 21.4 Å². The molecule has 0 bridgehead atoms. The van der Waals surface area contributed by atoms with Crippen LogP contribution in [0, 0.1) is 0 Å². The van der Waals surface area contributed by atoms with E-state index in [9.17, 15) is 4.79 Å². The summed E-state index contributed by atoms with van der Waals surface area (Å²) in [4.78, 5) is 28.8. The highest BCUT2D eigenvalue weighted by Gasteiger charge is 2.22. The zero-order valence-corrected chi connectivity index (χ0v) is 16.5. The number of halogens is 1. The fraction of sp³-hybridized carbons (Fsp3) is 0.588. The molecule has 4 rings (SSSR count). The highest BCUT2D eigenvalue weighted by atomic mass is 35.5. The first-order valence-corrected chi connectivity index (χ1v) is 10.2. The number of thiophene rings is 1. The molecule has 0 atom stereocenters. The second-order valence-electron chi connectivity index (χ2n) is 6.66. The number of hydrogen-bond donors (Lipinski definition) is 1. The number of amides is 1. The van der Waals surface area contributed by atoms with E-state index < -0.39 is 6.61 Å². The van der Waals surface area contributed by atoms with Gasteiger partial charge in [0.1, 0.15) is 17.3 Å². The highest BCUT2D eigenvalue weighted by Crippen LogP contribution is 2.33. The van der Waals surface area contributed by atoms with Crippen LogP contribution in [-0.2, 0) is 16.1 Å². The monoisotopic (exact) mass is 411 g/mol. The van der Waals surface area contributed by atoms with Crippen molar-refractivity contribution in [3.8, 4) is 0 Å². The molecule has 0 spiro atoms. The van der Waals surface area contributed by atoms with Gasteiger partial charge in [0.25, 0.3) is 0 Å². The van der Waals surface area contributed by atoms with Gasteiger partial charge in [-0.05, 0) is 17.7 Å². The third kappa shape index (κ3) is 4.17. The number of morpholine rings is 1. The normalized spacial score (nSPS) is 19.0. The predicted octanol–water partition coefficient (Wildman–Crippen LogP) is 0.818. The molecular weight excluding hydrogens is 390 g/mol. The van der Waals surface area contributed by atoms with Gasteiger partial charge in [-0.1, -0.05) is 0 Å². The quantitative estimate of drug-likeness (QED) is 0.746. The van der Waals surface area contributed by atoms with Gasteiger partial charge in [-0.2, -0.15) is 4.98 Å². The van der Waals surface area contributed by atoms with Crippen LogP contribution in [0.3, 0.4) is 0 Å². The number of aliphatic hydroxyl groups excluding tert-OH is 1. The third-order valence-electron chi connectivity index (χ3n) is 4.95. The Bertz CT molecular complexity index is 818. The van der Waals surface area contributed by atoms with Crippen molar-refractivity contribution in [2.45, 2.75) is 6.54 Å². The van der Waals surface area contributed by atoms with Gasteiger partial charge in [0.15, 0.2) is 0 Å². The standard InChI is InChI=1S/C17H22ClN5O3S/c18-17-19-15(23-5-7-26-8-6-23)13-9-12(27-16(13)20-17)10-21-1-3-22(4-2-21)14(25)11-24/h9,24H,1-8,10-11H2. The maximum absolute atomic E-state index is 11.6. The first-order chi connectivity index (χ1) is 13.1. The molecular formula is C17H22ClN5O3S. The Morgan fingerprint density at radius 2 is 1.93 bits per heavy atom. The number of carbonyl (C=O) groups is 1. The minimum absolute atomic E-state index is 0.198. The van der Waals surface area contributed by atoms with Crippen LogP contribution in [0.15, 0.2) is 6.07 Å². The van der Waals surface area contributed by atoms with Gasteiger partial charge >= 0.3 is 0 Å². The van der Waals surface area contributed by atoms with Crippen LogP contribution in [0.4, 0.5) is 5.82 Å². The molecule has 27 heavy (non-hydrogen) atoms. The van der Waals surface area contributed by atoms with E-state index in [0.717, 1.165) is 48.8 Å². The maximum Gasteiger partial charge on any atom is 0.248 e. The summed E-state index contributed by atoms with van der Waals surface area (Å²) in [5.41, 5.74) is 0. The number of hydrogen-bond acceptors (Lipinski definition) is 8. The predicted molar refractivity (Wildman–Crippen MR) is 104 cm³/mol. The number of anilines is 1. The summed E-state index contributed by atoms with van der Waals surface area (Å²) in [7, 11) is 0. The maximum atomic E-state index is 11.6. The third-order valence-corrected chi connectivity index (χ3v) is 6.13. The fourth-order valence-electron chi connectivity index (χ4n) is 3.50. The van der Waals surface area contributed by atoms with E-state index in [1.165, 1.54) is 4.88 Å². The topological polar surface area (TPSA) is 82.0 Å². The largest absolute Gasteiger partial charge is 0.387 e. The number of aliphatic hydroxyl groups is 1. The van der Waals surface area contributed by atoms with Gasteiger partial charge < -0.3 is 19.6 Å². The average molecular weight is 412 g/mol. The summed E-state index contributed by atoms with van der Waals surface area (Å²) >= 11 is 7.80. The Hall–Kier alpha value is -1.52. The Labute approximate surface area is 166 Å². The number of fused-ring (bicyclic) bond motifs is 1. The molecule has 0 unspecified atom stereocenters. The summed E-state index contributed by atoms with van der Waals surface area (Å²) in [6.45, 7) is 6.26. The van der Waals surface area contributed by atoms with E-state index >= 15 is 0 Å². The molecule has 2 aliphatic heterocycles. The summed E-state index contributed by atoms with van der Waals surface area (Å²) in [5.74, 6) is 0.686. The number of rotatable bonds is 4. The molecule has 10 heteroatoms. The molecule has 146 valence electrons. The average Bonchev–Trinajstić information content (AvgIpc) is 3.10. The summed E-state index contributed by atoms with van der Waals surface area (Å²) < 4.78 is 5.44. The van der Waals surface area contributed by atoms with Crippen molar-refractivity contribution < 1.29 is 14.6 Å². The molecule has 0 radical (unpaired) electrons. The van der Waals surface area contributed by atoms with Crippen LogP contribution >= 0.6 is 22.9 Å². The van der Waals surface area contributed by atoms with Crippen LogP contribution < -0.4 is 4.90 Å². The number of carbonyl (C=O) groups excluding carboxylic acids is 1. The molecule has 2 fully saturated rings. The molecule has 0 saturated carbocycles. The van der Waals surface area contributed by atoms with Crippen LogP contribution in [0.1, 0.15) is 4.88 Å². The number of nitrogens with zero attached hydrogens (tertiary/aromatic N) is 5. The summed E-state index contributed by atoms with van der Waals surface area (Å²) in [6, 6.07) is 2.16. The molecule has 1 N–H and O–H groups in total. The molecule has 2 aromatic heterocycles. The van der Waals surface area contributed by atoms with Crippen LogP contribution in [0.25, 0.3) is 10.2 Å². The minimum Gasteiger partial charge on any atom is -0.387 e. The van der Waals surface area contributed by atoms with E-state index in [-0.39, 0.29) is 11.2 Å². The number of aromatic nitrogens is 2. The minimum atomic E-state index is -0.417. The van der Waals surface area contributed by atoms with E-state index in [1.54, 1.807) is 16.2 Å². The Morgan fingerprint density at radius 1 is 1.19 bits per heavy atom. The molecule has 4 heterocycles. The second-order valence-corrected chi connectivity index (χ2v) is 8.12. The Morgan fingerprint density at radius 3 is 2.63 bits per heavy atom. The zero-order valence-electron chi connectivity index (χ0n) is 14.9. The van der Waals surface area contributed by atoms with Crippen LogP contribution in [0.2, 0.25) is 5.28 Å². The molecule has 0 aromatic carbocycles. The van der Waals surface area contributed by atoms with E-state index in [1.807, 2.05) is 0 Å². The smallest absolute Gasteiger partial charge is 0.248 e. The molecule has 2 saturated heterocycles. The Balaban J connectivity index is 1.49. The van der Waals surface area contributed by atoms with Crippen LogP contribution in [0.5, 0.6) is 0 Å². The highest BCUT2D eigenvalue weighted by molar-refractivity contribution is 7.18. The lowest BCUT2D eigenvalue weighted by atomic mass is 10.2. The van der Waals surface area contributed by atoms with Crippen molar-refractivity contribution in [2.75, 3.05) is 64.0 Å². The first-order valence-electron chi connectivity index (χ1n) is 9.03. The van der Waals surface area contributed by atoms with Gasteiger partial charge in [-0.3, -0.25) is 9.69 Å². The van der Waals surface area contributed by atoms with Crippen molar-refractivity contribution in [2.24, 2.45) is 0 Å². The van der Waals surface area contributed by atoms with Gasteiger partial charge in [-0.15, -0.1) is 11.3 Å². The lowest BCUT2D eigenvalue weighted by Gasteiger charge is -2.34. The van der Waals surface area contributed by atoms with Crippen molar-refractivity contribution in [1.82, 2.24) is 19.8 Å². The molecule has 0 aliphatic carbocycles. The lowest BCUT2D eigenvalue weighted by molar-refractivity contribution is -0.135. The lowest BCUT2D eigenvalue weighted by Crippen LogP contribution is -2.49. The number of piperazine rings is 1. The molecule has 1 amide bonds. The van der Waals surface area contributed by atoms with Crippen LogP contribution in [-0.4, -0.2) is 89.9 Å². The zero-order chi connectivity index (χ0) is 18.8. The number of ether oxygens (including phenoxy) is 1. The fourth-order valence-corrected chi connectivity index (χ4v) is 4.78. The first kappa shape index (κ1) is 18.8. The van der Waals surface area contributed by atoms with Crippen molar-refractivity contribution in [3.05, 3.63) is 16.2 Å². The summed E-state index contributed by atoms with van der Waals surface area (Å²) in [5, 5.41) is 10.3. The van der Waals surface area contributed by atoms with Gasteiger partial charge in [-0.25, -0.2) is 4.98 Å². The van der Waals surface area contributed by atoms with Crippen molar-refractivity contribution in [1.29, 1.82) is 0 Å². The molecule has 2 aliphatic rings. The van der Waals surface area contributed by atoms with Crippen molar-refractivity contribution >= 4 is 44.9 Å². The Kier molecular flexibility index (Phi) is 5.74. The van der Waals surface area contributed by atoms with Gasteiger partial charge in [0.2, 0.25) is 11.2 Å². The molecule has 8 nitrogen and oxygen atoms in total. The second kappa shape index (κ2) is 8.24. The van der Waals surface area contributed by atoms with Gasteiger partial charge in [0, 0.05) is 50.7 Å².